The van der Waals surface area contributed by atoms with Gasteiger partial charge in [-0.25, -0.2) is 13.7 Å². The number of piperidine rings is 1. The molecule has 0 bridgehead atoms. The van der Waals surface area contributed by atoms with E-state index in [-0.39, 0.29) is 17.6 Å². The SMILES string of the molecule is CS(=O)[NH+]([O-])C(=O)c1cc(C2CC2)c(CN2CCC(Oc3ccc(C(F)(F)F)cc3)CC2)cc1F. The lowest BCUT2D eigenvalue weighted by Crippen LogP contribution is -3.09. The maximum absolute atomic E-state index is 14.8. The Morgan fingerprint density at radius 1 is 1.14 bits per heavy atom. The van der Waals surface area contributed by atoms with Gasteiger partial charge in [-0.1, -0.05) is 0 Å². The van der Waals surface area contributed by atoms with E-state index in [2.05, 4.69) is 4.90 Å². The van der Waals surface area contributed by atoms with Crippen molar-refractivity contribution in [3.8, 4) is 5.75 Å². The van der Waals surface area contributed by atoms with Crippen molar-refractivity contribution >= 4 is 16.9 Å². The van der Waals surface area contributed by atoms with E-state index >= 15 is 0 Å². The van der Waals surface area contributed by atoms with Gasteiger partial charge in [-0.15, -0.1) is 0 Å². The predicted octanol–water partition coefficient (Wildman–Crippen LogP) is 3.58. The van der Waals surface area contributed by atoms with Crippen molar-refractivity contribution < 1.29 is 35.8 Å². The van der Waals surface area contributed by atoms with Gasteiger partial charge in [0.15, 0.2) is 0 Å². The number of alkyl halides is 3. The molecule has 1 saturated carbocycles. The number of rotatable bonds is 7. The van der Waals surface area contributed by atoms with Crippen LogP contribution in [0.4, 0.5) is 17.6 Å². The lowest BCUT2D eigenvalue weighted by molar-refractivity contribution is -0.600. The highest BCUT2D eigenvalue weighted by molar-refractivity contribution is 7.78. The van der Waals surface area contributed by atoms with Crippen LogP contribution in [0.5, 0.6) is 5.75 Å². The summed E-state index contributed by atoms with van der Waals surface area (Å²) < 4.78 is 69.0. The zero-order valence-electron chi connectivity index (χ0n) is 19.1. The molecule has 11 heteroatoms. The van der Waals surface area contributed by atoms with Crippen molar-refractivity contribution in [1.29, 1.82) is 0 Å². The third kappa shape index (κ3) is 6.27. The fourth-order valence-electron chi connectivity index (χ4n) is 4.30. The summed E-state index contributed by atoms with van der Waals surface area (Å²) in [5, 5.41) is 11.8. The number of carbonyl (C=O) groups excluding carboxylic acids is 1. The van der Waals surface area contributed by atoms with Gasteiger partial charge in [0.2, 0.25) is 11.0 Å². The smallest absolute Gasteiger partial charge is 0.416 e. The first kappa shape index (κ1) is 25.7. The van der Waals surface area contributed by atoms with E-state index in [9.17, 15) is 31.8 Å². The summed E-state index contributed by atoms with van der Waals surface area (Å²) >= 11 is 0. The van der Waals surface area contributed by atoms with Gasteiger partial charge in [-0.05, 0) is 79.1 Å². The van der Waals surface area contributed by atoms with Crippen LogP contribution in [0, 0.1) is 11.0 Å². The molecular weight excluding hydrogens is 488 g/mol. The number of hydroxylamine groups is 1. The third-order valence-corrected chi connectivity index (χ3v) is 7.06. The Kier molecular flexibility index (Phi) is 7.60. The Labute approximate surface area is 203 Å². The topological polar surface area (TPSA) is 74.1 Å². The van der Waals surface area contributed by atoms with E-state index in [4.69, 9.17) is 4.74 Å². The Morgan fingerprint density at radius 2 is 1.77 bits per heavy atom. The minimum Gasteiger partial charge on any atom is -0.612 e. The van der Waals surface area contributed by atoms with E-state index < -0.39 is 38.9 Å². The largest absolute Gasteiger partial charge is 0.612 e. The van der Waals surface area contributed by atoms with Crippen LogP contribution in [0.25, 0.3) is 0 Å². The summed E-state index contributed by atoms with van der Waals surface area (Å²) in [6.45, 7) is 1.79. The first-order chi connectivity index (χ1) is 16.5. The molecule has 1 amide bonds. The molecule has 2 fully saturated rings. The first-order valence-corrected chi connectivity index (χ1v) is 12.9. The zero-order valence-corrected chi connectivity index (χ0v) is 19.9. The fourth-order valence-corrected chi connectivity index (χ4v) is 4.67. The molecule has 2 atom stereocenters. The highest BCUT2D eigenvalue weighted by atomic mass is 32.2. The Morgan fingerprint density at radius 3 is 2.31 bits per heavy atom. The van der Waals surface area contributed by atoms with Crippen LogP contribution in [-0.2, 0) is 23.7 Å². The molecule has 1 N–H and O–H groups in total. The van der Waals surface area contributed by atoms with Gasteiger partial charge in [-0.2, -0.15) is 17.4 Å². The van der Waals surface area contributed by atoms with E-state index in [1.54, 1.807) is 0 Å². The number of halogens is 4. The number of nitrogens with one attached hydrogen (secondary N) is 1. The predicted molar refractivity (Wildman–Crippen MR) is 121 cm³/mol. The number of benzene rings is 2. The van der Waals surface area contributed by atoms with Crippen molar-refractivity contribution in [1.82, 2.24) is 4.90 Å². The van der Waals surface area contributed by atoms with E-state index in [1.807, 2.05) is 0 Å². The van der Waals surface area contributed by atoms with Crippen LogP contribution in [-0.4, -0.2) is 40.5 Å². The van der Waals surface area contributed by atoms with Crippen LogP contribution in [0.3, 0.4) is 0 Å². The first-order valence-electron chi connectivity index (χ1n) is 11.3. The number of carbonyl (C=O) groups is 1. The Hall–Kier alpha value is -2.34. The number of amides is 1. The van der Waals surface area contributed by atoms with Crippen LogP contribution in [0.1, 0.15) is 58.6 Å². The monoisotopic (exact) mass is 514 g/mol. The van der Waals surface area contributed by atoms with Crippen LogP contribution in [0.2, 0.25) is 0 Å². The molecule has 0 aromatic heterocycles. The second kappa shape index (κ2) is 10.3. The number of quaternary nitrogens is 1. The molecule has 0 spiro atoms. The summed E-state index contributed by atoms with van der Waals surface area (Å²) in [5.74, 6) is -1.27. The van der Waals surface area contributed by atoms with Gasteiger partial charge in [0.25, 0.3) is 0 Å². The highest BCUT2D eigenvalue weighted by Gasteiger charge is 2.32. The molecule has 1 saturated heterocycles. The summed E-state index contributed by atoms with van der Waals surface area (Å²) in [6, 6.07) is 7.38. The van der Waals surface area contributed by atoms with Crippen LogP contribution in [0.15, 0.2) is 36.4 Å². The third-order valence-electron chi connectivity index (χ3n) is 6.35. The van der Waals surface area contributed by atoms with Crippen molar-refractivity contribution in [2.45, 2.75) is 50.4 Å². The lowest BCUT2D eigenvalue weighted by Gasteiger charge is -2.32. The molecule has 2 unspecified atom stereocenters. The molecule has 4 rings (SSSR count). The van der Waals surface area contributed by atoms with Crippen molar-refractivity contribution in [3.63, 3.8) is 0 Å². The number of ether oxygens (including phenoxy) is 1. The standard InChI is InChI=1S/C24H26F4N2O4S/c1-35(33)30(32)23(31)21-13-20(15-2-3-15)16(12-22(21)25)14-29-10-8-19(9-11-29)34-18-6-4-17(5-7-18)24(26,27)28/h4-7,12-13,15,19,30H,2-3,8-11,14H2,1H3. The second-order valence-corrected chi connectivity index (χ2v) is 10.3. The molecule has 1 aliphatic carbocycles. The van der Waals surface area contributed by atoms with Gasteiger partial charge < -0.3 is 9.94 Å². The molecular formula is C24H26F4N2O4S. The number of hydrogen-bond donors (Lipinski definition) is 1. The van der Waals surface area contributed by atoms with Gasteiger partial charge in [0, 0.05) is 19.6 Å². The molecule has 2 aromatic carbocycles. The fraction of sp³-hybridized carbons (Fsp3) is 0.458. The molecule has 2 aromatic rings. The number of nitrogens with zero attached hydrogens (tertiary/aromatic N) is 1. The van der Waals surface area contributed by atoms with Crippen molar-refractivity contribution in [3.05, 3.63) is 69.7 Å². The minimum absolute atomic E-state index is 0.136. The maximum atomic E-state index is 14.8. The van der Waals surface area contributed by atoms with Gasteiger partial charge in [0.1, 0.15) is 23.2 Å². The van der Waals surface area contributed by atoms with Crippen LogP contribution < -0.4 is 9.21 Å². The molecule has 2 aliphatic rings. The van der Waals surface area contributed by atoms with Crippen LogP contribution >= 0.6 is 0 Å². The van der Waals surface area contributed by atoms with Gasteiger partial charge in [-0.3, -0.25) is 4.90 Å². The minimum atomic E-state index is -4.39. The molecule has 0 radical (unpaired) electrons. The van der Waals surface area contributed by atoms with Crippen molar-refractivity contribution in [2.75, 3.05) is 19.3 Å². The molecule has 1 aliphatic heterocycles. The second-order valence-electron chi connectivity index (χ2n) is 8.99. The summed E-state index contributed by atoms with van der Waals surface area (Å²) in [6.07, 6.45) is -0.266. The molecule has 6 nitrogen and oxygen atoms in total. The number of likely N-dealkylation sites (tertiary alicyclic amines) is 1. The molecule has 1 heterocycles. The molecule has 35 heavy (non-hydrogen) atoms. The maximum Gasteiger partial charge on any atom is 0.416 e. The normalized spacial score (nSPS) is 19.4. The number of hydrogen-bond acceptors (Lipinski definition) is 5. The quantitative estimate of drug-likeness (QED) is 0.452. The zero-order chi connectivity index (χ0) is 25.3. The highest BCUT2D eigenvalue weighted by Crippen LogP contribution is 2.43. The summed E-state index contributed by atoms with van der Waals surface area (Å²) in [4.78, 5) is 14.4. The summed E-state index contributed by atoms with van der Waals surface area (Å²) in [7, 11) is -2.01. The average molecular weight is 515 g/mol. The van der Waals surface area contributed by atoms with Crippen molar-refractivity contribution in [2.24, 2.45) is 0 Å². The Bertz CT molecular complexity index is 1100. The van der Waals surface area contributed by atoms with Gasteiger partial charge >= 0.3 is 12.1 Å². The average Bonchev–Trinajstić information content (AvgIpc) is 3.64. The van der Waals surface area contributed by atoms with E-state index in [1.165, 1.54) is 24.3 Å². The summed E-state index contributed by atoms with van der Waals surface area (Å²) in [5.41, 5.74) is 0.541. The lowest BCUT2D eigenvalue weighted by atomic mass is 9.97. The Balaban J connectivity index is 1.38. The van der Waals surface area contributed by atoms with E-state index in [0.717, 1.165) is 42.4 Å². The van der Waals surface area contributed by atoms with E-state index in [0.29, 0.717) is 38.2 Å². The molecule has 190 valence electrons. The van der Waals surface area contributed by atoms with Gasteiger partial charge in [0.05, 0.1) is 11.8 Å².